The van der Waals surface area contributed by atoms with E-state index in [0.717, 1.165) is 23.4 Å². The molecule has 9 heteroatoms. The zero-order valence-corrected chi connectivity index (χ0v) is 26.4. The van der Waals surface area contributed by atoms with Crippen LogP contribution in [0.4, 0.5) is 0 Å². The smallest absolute Gasteiger partial charge is 1.00 e. The fourth-order valence-corrected chi connectivity index (χ4v) is 13.0. The SMILES string of the molecule is C[N+](C)=C1NC(N)=NC(c2ccc(OCCP(I)(c3ccccc3)(c3ccccc3)c3ccccc3)cc2)N1.[Cl-]. The molecule has 1 unspecified atom stereocenters. The van der Waals surface area contributed by atoms with Gasteiger partial charge in [0, 0.05) is 0 Å². The van der Waals surface area contributed by atoms with E-state index < -0.39 is 4.25 Å². The van der Waals surface area contributed by atoms with Gasteiger partial charge in [-0.25, -0.2) is 0 Å². The van der Waals surface area contributed by atoms with Crippen molar-refractivity contribution in [2.45, 2.75) is 6.17 Å². The normalized spacial score (nSPS) is 15.8. The predicted octanol–water partition coefficient (Wildman–Crippen LogP) is 1.08. The standard InChI is InChI=1S/C31H33IN5OP.ClH/c1-37(2)31-35-29(34-30(33)36-31)24-18-20-25(21-19-24)38-22-23-39(32,26-12-6-3-7-13-26,27-14-8-4-9-15-27)28-16-10-5-11-17-28;/h3-21,29H,22-23H2,1-2H3,(H3,33,34,35,36);1H. The first kappa shape index (κ1) is 29.8. The second-order valence-electron chi connectivity index (χ2n) is 9.76. The third-order valence-corrected chi connectivity index (χ3v) is 18.7. The molecule has 0 aromatic heterocycles. The molecular formula is C31H34ClIN5OP. The van der Waals surface area contributed by atoms with Crippen molar-refractivity contribution < 1.29 is 21.7 Å². The second-order valence-corrected chi connectivity index (χ2v) is 20.5. The van der Waals surface area contributed by atoms with Crippen molar-refractivity contribution in [3.63, 3.8) is 0 Å². The van der Waals surface area contributed by atoms with Gasteiger partial charge >= 0.3 is 244 Å². The van der Waals surface area contributed by atoms with Gasteiger partial charge in [0.2, 0.25) is 0 Å². The van der Waals surface area contributed by atoms with Gasteiger partial charge in [0.15, 0.2) is 0 Å². The third-order valence-electron chi connectivity index (χ3n) is 7.09. The van der Waals surface area contributed by atoms with Crippen molar-refractivity contribution in [2.24, 2.45) is 10.7 Å². The van der Waals surface area contributed by atoms with Crippen molar-refractivity contribution in [1.29, 1.82) is 0 Å². The van der Waals surface area contributed by atoms with Gasteiger partial charge in [-0.05, 0) is 0 Å². The fourth-order valence-electron chi connectivity index (χ4n) is 5.02. The topological polar surface area (TPSA) is 74.7 Å². The molecule has 0 amide bonds. The Bertz CT molecular complexity index is 1380. The Labute approximate surface area is 255 Å². The van der Waals surface area contributed by atoms with Gasteiger partial charge in [-0.2, -0.15) is 0 Å². The van der Waals surface area contributed by atoms with Gasteiger partial charge in [-0.3, -0.25) is 0 Å². The van der Waals surface area contributed by atoms with Crippen LogP contribution in [0, 0.1) is 0 Å². The summed E-state index contributed by atoms with van der Waals surface area (Å²) >= 11 is 2.80. The van der Waals surface area contributed by atoms with Gasteiger partial charge in [0.1, 0.15) is 0 Å². The van der Waals surface area contributed by atoms with Crippen LogP contribution in [0.25, 0.3) is 0 Å². The first-order chi connectivity index (χ1) is 18.9. The number of nitrogens with zero attached hydrogens (tertiary/aromatic N) is 2. The Kier molecular flexibility index (Phi) is 9.39. The van der Waals surface area contributed by atoms with Crippen LogP contribution in [0.3, 0.4) is 0 Å². The maximum atomic E-state index is 6.44. The number of hydrogen-bond acceptors (Lipinski definition) is 3. The van der Waals surface area contributed by atoms with Crippen LogP contribution < -0.4 is 49.4 Å². The summed E-state index contributed by atoms with van der Waals surface area (Å²) < 4.78 is 5.50. The maximum Gasteiger partial charge on any atom is -1.00 e. The monoisotopic (exact) mass is 685 g/mol. The summed E-state index contributed by atoms with van der Waals surface area (Å²) in [6.07, 6.45) is 0.605. The molecule has 0 aliphatic carbocycles. The Hall–Kier alpha value is -3.13. The van der Waals surface area contributed by atoms with E-state index in [0.29, 0.717) is 12.6 Å². The van der Waals surface area contributed by atoms with Crippen LogP contribution >= 0.6 is 26.3 Å². The predicted molar refractivity (Wildman–Crippen MR) is 174 cm³/mol. The number of aliphatic imine (C=N–C) groups is 1. The first-order valence-electron chi connectivity index (χ1n) is 12.9. The molecule has 0 spiro atoms. The average molecular weight is 686 g/mol. The van der Waals surface area contributed by atoms with Gasteiger partial charge in [-0.15, -0.1) is 0 Å². The maximum absolute atomic E-state index is 6.44. The van der Waals surface area contributed by atoms with Crippen LogP contribution in [0.15, 0.2) is 120 Å². The van der Waals surface area contributed by atoms with Gasteiger partial charge in [0.05, 0.1) is 0 Å². The number of nitrogens with two attached hydrogens (primary N) is 1. The van der Waals surface area contributed by atoms with Crippen molar-refractivity contribution in [1.82, 2.24) is 10.6 Å². The summed E-state index contributed by atoms with van der Waals surface area (Å²) in [6, 6.07) is 40.9. The second kappa shape index (κ2) is 12.6. The first-order valence-corrected chi connectivity index (χ1v) is 18.1. The van der Waals surface area contributed by atoms with Gasteiger partial charge in [0.25, 0.3) is 0 Å². The zero-order valence-electron chi connectivity index (χ0n) is 22.5. The molecular weight excluding hydrogens is 652 g/mol. The summed E-state index contributed by atoms with van der Waals surface area (Å²) in [5.74, 6) is 2.03. The Balaban J connectivity index is 0.00000370. The molecule has 208 valence electrons. The van der Waals surface area contributed by atoms with E-state index in [1.807, 2.05) is 42.9 Å². The Morgan fingerprint density at radius 1 is 0.800 bits per heavy atom. The minimum absolute atomic E-state index is 0. The fraction of sp³-hybridized carbons (Fsp3) is 0.161. The number of ether oxygens (including phenoxy) is 1. The number of hydrogen-bond donors (Lipinski definition) is 3. The molecule has 1 aliphatic heterocycles. The van der Waals surface area contributed by atoms with E-state index in [1.54, 1.807) is 0 Å². The quantitative estimate of drug-likeness (QED) is 0.148. The van der Waals surface area contributed by atoms with Crippen molar-refractivity contribution >= 4 is 54.1 Å². The molecule has 1 atom stereocenters. The van der Waals surface area contributed by atoms with Crippen molar-refractivity contribution in [3.8, 4) is 5.75 Å². The minimum atomic E-state index is -2.87. The minimum Gasteiger partial charge on any atom is -1.00 e. The number of halogens is 2. The molecule has 0 saturated carbocycles. The Morgan fingerprint density at radius 3 is 1.73 bits per heavy atom. The van der Waals surface area contributed by atoms with Crippen LogP contribution in [-0.2, 0) is 0 Å². The average Bonchev–Trinajstić information content (AvgIpc) is 2.98. The summed E-state index contributed by atoms with van der Waals surface area (Å²) in [5.41, 5.74) is 7.02. The van der Waals surface area contributed by atoms with E-state index in [9.17, 15) is 0 Å². The molecule has 6 nitrogen and oxygen atoms in total. The van der Waals surface area contributed by atoms with Crippen LogP contribution in [-0.4, -0.2) is 43.4 Å². The van der Waals surface area contributed by atoms with Crippen LogP contribution in [0.2, 0.25) is 0 Å². The molecule has 40 heavy (non-hydrogen) atoms. The van der Waals surface area contributed by atoms with E-state index >= 15 is 0 Å². The summed E-state index contributed by atoms with van der Waals surface area (Å²) in [6.45, 7) is 0.577. The third kappa shape index (κ3) is 5.82. The zero-order chi connectivity index (χ0) is 27.3. The van der Waals surface area contributed by atoms with Crippen molar-refractivity contribution in [3.05, 3.63) is 121 Å². The summed E-state index contributed by atoms with van der Waals surface area (Å²) in [7, 11) is 3.90. The van der Waals surface area contributed by atoms with Crippen molar-refractivity contribution in [2.75, 3.05) is 26.9 Å². The number of benzene rings is 4. The van der Waals surface area contributed by atoms with E-state index in [1.165, 1.54) is 15.9 Å². The van der Waals surface area contributed by atoms with Gasteiger partial charge in [-0.1, -0.05) is 0 Å². The van der Waals surface area contributed by atoms with E-state index in [2.05, 4.69) is 129 Å². The molecule has 4 N–H and O–H groups in total. The largest absolute Gasteiger partial charge is 1.00 e. The molecule has 1 heterocycles. The molecule has 4 aromatic carbocycles. The molecule has 0 radical (unpaired) electrons. The van der Waals surface area contributed by atoms with Gasteiger partial charge < -0.3 is 12.4 Å². The number of nitrogens with one attached hydrogen (secondary N) is 2. The molecule has 0 saturated heterocycles. The van der Waals surface area contributed by atoms with Crippen LogP contribution in [0.5, 0.6) is 5.75 Å². The van der Waals surface area contributed by atoms with Crippen LogP contribution in [0.1, 0.15) is 11.7 Å². The Morgan fingerprint density at radius 2 is 1.27 bits per heavy atom. The summed E-state index contributed by atoms with van der Waals surface area (Å²) in [5, 5.41) is 10.5. The summed E-state index contributed by atoms with van der Waals surface area (Å²) in [4.78, 5) is 4.51. The molecule has 1 aliphatic rings. The van der Waals surface area contributed by atoms with E-state index in [-0.39, 0.29) is 18.6 Å². The molecule has 0 fully saturated rings. The van der Waals surface area contributed by atoms with E-state index in [4.69, 9.17) is 10.5 Å². The number of rotatable bonds is 8. The number of guanidine groups is 2. The molecule has 4 aromatic rings. The molecule has 0 bridgehead atoms. The molecule has 5 rings (SSSR count).